The maximum atomic E-state index is 13.0. The molecule has 0 radical (unpaired) electrons. The van der Waals surface area contributed by atoms with E-state index in [9.17, 15) is 22.4 Å². The molecule has 0 saturated heterocycles. The molecule has 1 aliphatic carbocycles. The van der Waals surface area contributed by atoms with Crippen LogP contribution in [0.3, 0.4) is 0 Å². The number of carbonyl (C=O) groups excluding carboxylic acids is 2. The molecule has 1 aliphatic rings. The highest BCUT2D eigenvalue weighted by molar-refractivity contribution is 6.08. The molecular weight excluding hydrogens is 470 g/mol. The molecule has 0 aliphatic heterocycles. The first-order valence-corrected chi connectivity index (χ1v) is 11.1. The largest absolute Gasteiger partial charge is 0.435 e. The first-order valence-electron chi connectivity index (χ1n) is 11.1. The van der Waals surface area contributed by atoms with E-state index in [1.165, 1.54) is 56.2 Å². The summed E-state index contributed by atoms with van der Waals surface area (Å²) in [6.07, 6.45) is 7.07. The van der Waals surface area contributed by atoms with Gasteiger partial charge in [0.15, 0.2) is 23.8 Å². The van der Waals surface area contributed by atoms with Gasteiger partial charge in [0.05, 0.1) is 18.1 Å². The fourth-order valence-corrected chi connectivity index (χ4v) is 3.28. The first-order chi connectivity index (χ1) is 16.6. The molecule has 0 aromatic carbocycles. The molecule has 1 unspecified atom stereocenters. The number of carbonyl (C=O) groups is 2. The number of alkyl halides is 4. The lowest BCUT2D eigenvalue weighted by atomic mass is 10.0. The number of fused-ring (bicyclic) bond motifs is 1. The molecule has 4 rings (SSSR count). The van der Waals surface area contributed by atoms with Crippen LogP contribution in [-0.4, -0.2) is 49.8 Å². The second kappa shape index (κ2) is 12.8. The van der Waals surface area contributed by atoms with Crippen LogP contribution in [0.1, 0.15) is 61.5 Å². The Labute approximate surface area is 199 Å². The minimum absolute atomic E-state index is 0.0454. The van der Waals surface area contributed by atoms with Gasteiger partial charge in [0.2, 0.25) is 0 Å². The van der Waals surface area contributed by atoms with Crippen LogP contribution in [0, 0.1) is 0 Å². The average molecular weight is 500 g/mol. The molecule has 1 saturated carbocycles. The van der Waals surface area contributed by atoms with E-state index in [-0.39, 0.29) is 17.5 Å². The maximum absolute atomic E-state index is 13.0. The predicted octanol–water partition coefficient (Wildman–Crippen LogP) is 4.66. The molecule has 3 aromatic heterocycles. The molecule has 192 valence electrons. The highest BCUT2D eigenvalue weighted by Gasteiger charge is 2.38. The number of hydrogen-bond donors (Lipinski definition) is 2. The summed E-state index contributed by atoms with van der Waals surface area (Å²) in [5.74, 6) is -0.265. The summed E-state index contributed by atoms with van der Waals surface area (Å²) in [5.41, 5.74) is -1.21. The Morgan fingerprint density at radius 1 is 1.11 bits per heavy atom. The maximum Gasteiger partial charge on any atom is 0.435 e. The van der Waals surface area contributed by atoms with Gasteiger partial charge >= 0.3 is 6.18 Å². The SMILES string of the molecule is C1CCCCC1.CC(F)C=O.CNc1ccn2ncc(C(=O)Nc3cnn(C)c3C(F)(F)F)c2n1. The molecule has 0 spiro atoms. The molecule has 3 heterocycles. The number of aromatic nitrogens is 5. The lowest BCUT2D eigenvalue weighted by molar-refractivity contribution is -0.143. The number of aryl methyl sites for hydroxylation is 1. The van der Waals surface area contributed by atoms with Crippen LogP contribution in [0.25, 0.3) is 5.65 Å². The standard InChI is InChI=1S/C13H12F3N7O.C6H12.C3H5FO/c1-17-9-3-4-23-11(21-9)7(5-19-23)12(24)20-8-6-18-22(2)10(8)13(14,15)16;1-2-4-6-5-3-1;1-3(4)2-5/h3-6H,1-2H3,(H,17,21)(H,20,24);1-6H2;2-3H,1H3. The van der Waals surface area contributed by atoms with E-state index in [0.29, 0.717) is 10.5 Å². The smallest absolute Gasteiger partial charge is 0.373 e. The van der Waals surface area contributed by atoms with E-state index >= 15 is 0 Å². The van der Waals surface area contributed by atoms with Crippen molar-refractivity contribution in [3.05, 3.63) is 35.9 Å². The summed E-state index contributed by atoms with van der Waals surface area (Å²) in [6.45, 7) is 1.19. The molecule has 3 aromatic rings. The fourth-order valence-electron chi connectivity index (χ4n) is 3.28. The molecule has 2 N–H and O–H groups in total. The molecular formula is C22H29F4N7O2. The number of halogens is 4. The van der Waals surface area contributed by atoms with Crippen LogP contribution in [0.15, 0.2) is 24.7 Å². The van der Waals surface area contributed by atoms with E-state index in [1.807, 2.05) is 0 Å². The second-order valence-electron chi connectivity index (χ2n) is 7.81. The third-order valence-electron chi connectivity index (χ3n) is 5.01. The monoisotopic (exact) mass is 499 g/mol. The number of amides is 1. The number of aldehydes is 1. The van der Waals surface area contributed by atoms with Gasteiger partial charge in [-0.15, -0.1) is 0 Å². The van der Waals surface area contributed by atoms with Crippen molar-refractivity contribution in [2.24, 2.45) is 7.05 Å². The number of nitrogens with one attached hydrogen (secondary N) is 2. The molecule has 9 nitrogen and oxygen atoms in total. The van der Waals surface area contributed by atoms with E-state index in [4.69, 9.17) is 4.79 Å². The summed E-state index contributed by atoms with van der Waals surface area (Å²) in [5, 5.41) is 12.5. The number of hydrogen-bond acceptors (Lipinski definition) is 6. The zero-order chi connectivity index (χ0) is 26.0. The Kier molecular flexibility index (Phi) is 10.2. The van der Waals surface area contributed by atoms with Gasteiger partial charge in [-0.2, -0.15) is 23.4 Å². The van der Waals surface area contributed by atoms with Gasteiger partial charge in [0.25, 0.3) is 5.91 Å². The van der Waals surface area contributed by atoms with Gasteiger partial charge in [0, 0.05) is 20.3 Å². The highest BCUT2D eigenvalue weighted by Crippen LogP contribution is 2.34. The Bertz CT molecular complexity index is 1090. The zero-order valence-electron chi connectivity index (χ0n) is 19.8. The van der Waals surface area contributed by atoms with E-state index in [2.05, 4.69) is 25.8 Å². The van der Waals surface area contributed by atoms with Crippen molar-refractivity contribution >= 4 is 29.3 Å². The van der Waals surface area contributed by atoms with Crippen LogP contribution in [-0.2, 0) is 18.0 Å². The Balaban J connectivity index is 0.000000324. The van der Waals surface area contributed by atoms with Crippen molar-refractivity contribution in [3.8, 4) is 0 Å². The topological polar surface area (TPSA) is 106 Å². The van der Waals surface area contributed by atoms with Crippen molar-refractivity contribution in [2.75, 3.05) is 17.7 Å². The zero-order valence-corrected chi connectivity index (χ0v) is 19.8. The molecule has 0 bridgehead atoms. The molecule has 35 heavy (non-hydrogen) atoms. The third kappa shape index (κ3) is 8.04. The summed E-state index contributed by atoms with van der Waals surface area (Å²) in [4.78, 5) is 25.7. The number of rotatable bonds is 4. The lowest BCUT2D eigenvalue weighted by Crippen LogP contribution is -2.18. The van der Waals surface area contributed by atoms with Gasteiger partial charge in [-0.1, -0.05) is 38.5 Å². The predicted molar refractivity (Wildman–Crippen MR) is 123 cm³/mol. The van der Waals surface area contributed by atoms with E-state index in [1.54, 1.807) is 19.3 Å². The van der Waals surface area contributed by atoms with Crippen molar-refractivity contribution in [3.63, 3.8) is 0 Å². The van der Waals surface area contributed by atoms with Crippen LogP contribution in [0.5, 0.6) is 0 Å². The van der Waals surface area contributed by atoms with Gasteiger partial charge < -0.3 is 15.4 Å². The Morgan fingerprint density at radius 3 is 2.17 bits per heavy atom. The molecule has 13 heteroatoms. The van der Waals surface area contributed by atoms with Crippen molar-refractivity contribution < 1.29 is 27.2 Å². The van der Waals surface area contributed by atoms with E-state index < -0.39 is 29.6 Å². The molecule has 1 atom stereocenters. The summed E-state index contributed by atoms with van der Waals surface area (Å²) < 4.78 is 52.2. The fraction of sp³-hybridized carbons (Fsp3) is 0.500. The van der Waals surface area contributed by atoms with Crippen molar-refractivity contribution in [1.82, 2.24) is 24.4 Å². The highest BCUT2D eigenvalue weighted by atomic mass is 19.4. The minimum Gasteiger partial charge on any atom is -0.373 e. The summed E-state index contributed by atoms with van der Waals surface area (Å²) in [7, 11) is 2.80. The van der Waals surface area contributed by atoms with Crippen LogP contribution in [0.4, 0.5) is 29.1 Å². The van der Waals surface area contributed by atoms with Crippen LogP contribution < -0.4 is 10.6 Å². The first kappa shape index (κ1) is 27.7. The van der Waals surface area contributed by atoms with Crippen molar-refractivity contribution in [1.29, 1.82) is 0 Å². The normalized spacial score (nSPS) is 14.1. The third-order valence-corrected chi connectivity index (χ3v) is 5.01. The molecule has 1 fully saturated rings. The van der Waals surface area contributed by atoms with E-state index in [0.717, 1.165) is 13.2 Å². The second-order valence-corrected chi connectivity index (χ2v) is 7.81. The quantitative estimate of drug-likeness (QED) is 0.400. The Hall–Kier alpha value is -3.51. The van der Waals surface area contributed by atoms with Gasteiger partial charge in [-0.3, -0.25) is 9.48 Å². The average Bonchev–Trinajstić information content (AvgIpc) is 3.43. The minimum atomic E-state index is -4.65. The number of anilines is 2. The Morgan fingerprint density at radius 2 is 1.69 bits per heavy atom. The van der Waals surface area contributed by atoms with Gasteiger partial charge in [-0.25, -0.2) is 13.9 Å². The van der Waals surface area contributed by atoms with Gasteiger partial charge in [0.1, 0.15) is 11.4 Å². The lowest BCUT2D eigenvalue weighted by Gasteiger charge is -2.10. The summed E-state index contributed by atoms with van der Waals surface area (Å²) in [6, 6.07) is 1.64. The summed E-state index contributed by atoms with van der Waals surface area (Å²) >= 11 is 0. The van der Waals surface area contributed by atoms with Crippen molar-refractivity contribution in [2.45, 2.75) is 57.8 Å². The van der Waals surface area contributed by atoms with Crippen LogP contribution >= 0.6 is 0 Å². The van der Waals surface area contributed by atoms with Crippen LogP contribution in [0.2, 0.25) is 0 Å². The van der Waals surface area contributed by atoms with Gasteiger partial charge in [-0.05, 0) is 13.0 Å². The molecule has 1 amide bonds. The number of nitrogens with zero attached hydrogens (tertiary/aromatic N) is 5.